The summed E-state index contributed by atoms with van der Waals surface area (Å²) in [6.07, 6.45) is 1.28. The Labute approximate surface area is 178 Å². The van der Waals surface area contributed by atoms with Gasteiger partial charge in [0.25, 0.3) is 0 Å². The third-order valence-corrected chi connectivity index (χ3v) is 5.36. The number of benzene rings is 1. The number of halogens is 1. The highest BCUT2D eigenvalue weighted by atomic mass is 19.1. The number of amides is 2. The minimum atomic E-state index is -0.580. The second kappa shape index (κ2) is 9.14. The first-order valence-electron chi connectivity index (χ1n) is 10.2. The molecule has 4 rings (SSSR count). The van der Waals surface area contributed by atoms with Gasteiger partial charge in [0, 0.05) is 13.1 Å². The Hall–Kier alpha value is -3.44. The lowest BCUT2D eigenvalue weighted by atomic mass is 10.0. The molecule has 0 aliphatic carbocycles. The van der Waals surface area contributed by atoms with Crippen molar-refractivity contribution in [3.05, 3.63) is 30.3 Å². The number of alkyl carbamates (subject to hydrolysis) is 1. The molecule has 0 bridgehead atoms. The number of carbonyl (C=O) groups is 2. The van der Waals surface area contributed by atoms with Crippen molar-refractivity contribution in [1.29, 1.82) is 0 Å². The molecule has 1 aromatic heterocycles. The summed E-state index contributed by atoms with van der Waals surface area (Å²) in [7, 11) is 0. The number of hydrogen-bond donors (Lipinski definition) is 1. The van der Waals surface area contributed by atoms with Crippen LogP contribution >= 0.6 is 0 Å². The van der Waals surface area contributed by atoms with Crippen LogP contribution in [0.1, 0.15) is 25.8 Å². The summed E-state index contributed by atoms with van der Waals surface area (Å²) in [5.41, 5.74) is 0.897. The summed E-state index contributed by atoms with van der Waals surface area (Å²) in [6, 6.07) is 4.87. The van der Waals surface area contributed by atoms with E-state index in [0.29, 0.717) is 24.5 Å². The van der Waals surface area contributed by atoms with Crippen LogP contribution in [0.3, 0.4) is 0 Å². The number of ether oxygens (including phenoxy) is 2. The lowest BCUT2D eigenvalue weighted by molar-refractivity contribution is 0.127. The van der Waals surface area contributed by atoms with Crippen LogP contribution in [0.5, 0.6) is 0 Å². The van der Waals surface area contributed by atoms with Gasteiger partial charge in [-0.2, -0.15) is 4.80 Å². The number of nitrogens with zero attached hydrogens (tertiary/aromatic N) is 6. The van der Waals surface area contributed by atoms with Gasteiger partial charge in [-0.05, 0) is 43.2 Å². The van der Waals surface area contributed by atoms with Gasteiger partial charge in [-0.1, -0.05) is 0 Å². The Balaban J connectivity index is 1.35. The summed E-state index contributed by atoms with van der Waals surface area (Å²) in [4.78, 5) is 28.5. The molecule has 0 radical (unpaired) electrons. The zero-order valence-corrected chi connectivity index (χ0v) is 17.1. The first-order valence-corrected chi connectivity index (χ1v) is 10.2. The molecule has 0 spiro atoms. The van der Waals surface area contributed by atoms with Crippen LogP contribution in [0.2, 0.25) is 0 Å². The van der Waals surface area contributed by atoms with E-state index in [1.165, 1.54) is 17.3 Å². The van der Waals surface area contributed by atoms with Crippen LogP contribution in [0.25, 0.3) is 0 Å². The van der Waals surface area contributed by atoms with Crippen molar-refractivity contribution in [2.75, 3.05) is 42.6 Å². The number of cyclic esters (lactones) is 1. The maximum absolute atomic E-state index is 14.9. The molecular formula is C19H24FN7O4. The van der Waals surface area contributed by atoms with Crippen molar-refractivity contribution in [3.8, 4) is 0 Å². The molecule has 12 heteroatoms. The number of piperidine rings is 1. The van der Waals surface area contributed by atoms with E-state index in [1.807, 2.05) is 4.90 Å². The Kier molecular flexibility index (Phi) is 6.14. The van der Waals surface area contributed by atoms with Crippen molar-refractivity contribution in [2.24, 2.45) is 0 Å². The van der Waals surface area contributed by atoms with Gasteiger partial charge >= 0.3 is 12.2 Å². The standard InChI is InChI=1S/C19H24FN7O4/c1-2-30-18(28)21-10-15-11-26(19(29)31-15)14-3-4-17(16(20)9-14)25-7-5-13(6-8-25)27-23-12-22-24-27/h3-4,9,12-13,15H,2,5-8,10-11H2,1H3,(H,21,28)/t15-/m0/s1. The normalized spacial score (nSPS) is 19.4. The zero-order chi connectivity index (χ0) is 21.8. The Bertz CT molecular complexity index is 918. The topological polar surface area (TPSA) is 115 Å². The van der Waals surface area contributed by atoms with Crippen LogP contribution < -0.4 is 15.1 Å². The molecule has 0 unspecified atom stereocenters. The molecule has 1 atom stereocenters. The Morgan fingerprint density at radius 2 is 2.16 bits per heavy atom. The van der Waals surface area contributed by atoms with Gasteiger partial charge in [0.1, 0.15) is 11.9 Å². The third-order valence-electron chi connectivity index (χ3n) is 5.36. The molecule has 2 aliphatic rings. The molecule has 11 nitrogen and oxygen atoms in total. The third kappa shape index (κ3) is 4.67. The molecule has 1 N–H and O–H groups in total. The number of nitrogens with one attached hydrogen (secondary N) is 1. The van der Waals surface area contributed by atoms with E-state index >= 15 is 0 Å². The SMILES string of the molecule is CCOC(=O)NC[C@H]1CN(c2ccc(N3CCC(n4ncnn4)CC3)c(F)c2)C(=O)O1. The maximum atomic E-state index is 14.9. The molecule has 166 valence electrons. The van der Waals surface area contributed by atoms with Crippen molar-refractivity contribution in [1.82, 2.24) is 25.5 Å². The van der Waals surface area contributed by atoms with E-state index in [0.717, 1.165) is 12.8 Å². The van der Waals surface area contributed by atoms with E-state index < -0.39 is 24.1 Å². The minimum absolute atomic E-state index is 0.122. The van der Waals surface area contributed by atoms with E-state index in [1.54, 1.807) is 23.9 Å². The van der Waals surface area contributed by atoms with Crippen molar-refractivity contribution in [3.63, 3.8) is 0 Å². The Morgan fingerprint density at radius 1 is 1.35 bits per heavy atom. The molecule has 1 aromatic carbocycles. The van der Waals surface area contributed by atoms with Gasteiger partial charge in [0.15, 0.2) is 6.33 Å². The second-order valence-electron chi connectivity index (χ2n) is 7.33. The molecule has 3 heterocycles. The van der Waals surface area contributed by atoms with Gasteiger partial charge in [0.2, 0.25) is 0 Å². The molecule has 2 amide bonds. The first kappa shape index (κ1) is 20.8. The number of carbonyl (C=O) groups excluding carboxylic acids is 2. The van der Waals surface area contributed by atoms with Crippen molar-refractivity contribution >= 4 is 23.6 Å². The number of tetrazole rings is 1. The quantitative estimate of drug-likeness (QED) is 0.733. The van der Waals surface area contributed by atoms with E-state index in [4.69, 9.17) is 9.47 Å². The molecule has 2 fully saturated rings. The average molecular weight is 433 g/mol. The van der Waals surface area contributed by atoms with Gasteiger partial charge in [-0.25, -0.2) is 14.0 Å². The van der Waals surface area contributed by atoms with Crippen molar-refractivity contribution < 1.29 is 23.5 Å². The molecule has 2 saturated heterocycles. The fourth-order valence-corrected chi connectivity index (χ4v) is 3.82. The van der Waals surface area contributed by atoms with Gasteiger partial charge in [0.05, 0.1) is 37.1 Å². The molecule has 31 heavy (non-hydrogen) atoms. The number of aromatic nitrogens is 4. The van der Waals surface area contributed by atoms with Crippen LogP contribution in [0.4, 0.5) is 25.4 Å². The monoisotopic (exact) mass is 433 g/mol. The fraction of sp³-hybridized carbons (Fsp3) is 0.526. The molecule has 0 saturated carbocycles. The zero-order valence-electron chi connectivity index (χ0n) is 17.1. The summed E-state index contributed by atoms with van der Waals surface area (Å²) in [5.74, 6) is -0.407. The minimum Gasteiger partial charge on any atom is -0.450 e. The summed E-state index contributed by atoms with van der Waals surface area (Å²) >= 11 is 0. The predicted octanol–water partition coefficient (Wildman–Crippen LogP) is 1.72. The molecular weight excluding hydrogens is 409 g/mol. The lowest BCUT2D eigenvalue weighted by Crippen LogP contribution is -2.36. The first-order chi connectivity index (χ1) is 15.0. The van der Waals surface area contributed by atoms with Crippen LogP contribution in [-0.4, -0.2) is 71.3 Å². The highest BCUT2D eigenvalue weighted by Gasteiger charge is 2.33. The number of hydrogen-bond acceptors (Lipinski definition) is 8. The smallest absolute Gasteiger partial charge is 0.414 e. The van der Waals surface area contributed by atoms with Gasteiger partial charge < -0.3 is 19.7 Å². The lowest BCUT2D eigenvalue weighted by Gasteiger charge is -2.33. The van der Waals surface area contributed by atoms with E-state index in [9.17, 15) is 14.0 Å². The summed E-state index contributed by atoms with van der Waals surface area (Å²) in [5, 5.41) is 14.3. The predicted molar refractivity (Wildman–Crippen MR) is 107 cm³/mol. The summed E-state index contributed by atoms with van der Waals surface area (Å²) < 4.78 is 24.9. The van der Waals surface area contributed by atoms with E-state index in [2.05, 4.69) is 20.7 Å². The fourth-order valence-electron chi connectivity index (χ4n) is 3.82. The van der Waals surface area contributed by atoms with Gasteiger partial charge in [-0.3, -0.25) is 4.90 Å². The highest BCUT2D eigenvalue weighted by molar-refractivity contribution is 5.90. The maximum Gasteiger partial charge on any atom is 0.414 e. The Morgan fingerprint density at radius 3 is 2.84 bits per heavy atom. The van der Waals surface area contributed by atoms with Crippen LogP contribution in [-0.2, 0) is 9.47 Å². The average Bonchev–Trinajstić information content (AvgIpc) is 3.43. The van der Waals surface area contributed by atoms with E-state index in [-0.39, 0.29) is 25.7 Å². The molecule has 2 aromatic rings. The van der Waals surface area contributed by atoms with Crippen LogP contribution in [0, 0.1) is 5.82 Å². The van der Waals surface area contributed by atoms with Crippen LogP contribution in [0.15, 0.2) is 24.5 Å². The highest BCUT2D eigenvalue weighted by Crippen LogP contribution is 2.31. The summed E-state index contributed by atoms with van der Waals surface area (Å²) in [6.45, 7) is 3.61. The molecule has 2 aliphatic heterocycles. The second-order valence-corrected chi connectivity index (χ2v) is 7.33. The largest absolute Gasteiger partial charge is 0.450 e. The van der Waals surface area contributed by atoms with Gasteiger partial charge in [-0.15, -0.1) is 10.2 Å². The number of anilines is 2. The van der Waals surface area contributed by atoms with Crippen molar-refractivity contribution in [2.45, 2.75) is 31.9 Å². The number of rotatable bonds is 6.